The molecule has 5 heteroatoms. The average Bonchev–Trinajstić information content (AvgIpc) is 2.59. The van der Waals surface area contributed by atoms with E-state index < -0.39 is 5.41 Å². The van der Waals surface area contributed by atoms with Crippen molar-refractivity contribution >= 4 is 28.3 Å². The first-order valence-corrected chi connectivity index (χ1v) is 5.43. The van der Waals surface area contributed by atoms with Crippen LogP contribution in [0, 0.1) is 5.41 Å². The molecule has 4 N–H and O–H groups in total. The Morgan fingerprint density at radius 3 is 2.76 bits per heavy atom. The van der Waals surface area contributed by atoms with Crippen LogP contribution in [0.3, 0.4) is 0 Å². The van der Waals surface area contributed by atoms with Crippen molar-refractivity contribution in [3.63, 3.8) is 0 Å². The summed E-state index contributed by atoms with van der Waals surface area (Å²) in [6, 6.07) is 5.48. The molecule has 0 radical (unpaired) electrons. The molecule has 2 aromatic rings. The van der Waals surface area contributed by atoms with Gasteiger partial charge in [-0.25, -0.2) is 0 Å². The summed E-state index contributed by atoms with van der Waals surface area (Å²) in [4.78, 5) is 11.8. The van der Waals surface area contributed by atoms with Crippen LogP contribution < -0.4 is 11.1 Å². The van der Waals surface area contributed by atoms with Crippen LogP contribution in [-0.4, -0.2) is 16.1 Å². The van der Waals surface area contributed by atoms with Gasteiger partial charge in [0.25, 0.3) is 0 Å². The molecule has 0 aliphatic carbocycles. The van der Waals surface area contributed by atoms with Gasteiger partial charge in [-0.2, -0.15) is 5.10 Å². The van der Waals surface area contributed by atoms with Gasteiger partial charge in [0.05, 0.1) is 5.52 Å². The SMILES string of the molecule is CC(C)(C)C(=O)Nc1ccc2[nH]nc(N)c2c1. The quantitative estimate of drug-likeness (QED) is 0.704. The molecule has 0 bridgehead atoms. The highest BCUT2D eigenvalue weighted by Crippen LogP contribution is 2.23. The number of amides is 1. The van der Waals surface area contributed by atoms with Crippen molar-refractivity contribution in [1.29, 1.82) is 0 Å². The second-order valence-electron chi connectivity index (χ2n) is 5.07. The number of nitrogen functional groups attached to an aromatic ring is 1. The molecule has 1 aromatic carbocycles. The van der Waals surface area contributed by atoms with Crippen molar-refractivity contribution in [2.45, 2.75) is 20.8 Å². The van der Waals surface area contributed by atoms with Gasteiger partial charge in [-0.1, -0.05) is 20.8 Å². The standard InChI is InChI=1S/C12H16N4O/c1-12(2,3)11(17)14-7-4-5-9-8(6-7)10(13)16-15-9/h4-6H,1-3H3,(H,14,17)(H3,13,15,16). The first-order chi connectivity index (χ1) is 7.88. The molecule has 0 aliphatic heterocycles. The third-order valence-electron chi connectivity index (χ3n) is 2.53. The van der Waals surface area contributed by atoms with E-state index in [0.717, 1.165) is 16.6 Å². The number of H-pyrrole nitrogens is 1. The Morgan fingerprint density at radius 2 is 2.12 bits per heavy atom. The van der Waals surface area contributed by atoms with Crippen molar-refractivity contribution in [2.24, 2.45) is 5.41 Å². The van der Waals surface area contributed by atoms with Crippen LogP contribution in [-0.2, 0) is 4.79 Å². The average molecular weight is 232 g/mol. The number of fused-ring (bicyclic) bond motifs is 1. The predicted octanol–water partition coefficient (Wildman–Crippen LogP) is 2.13. The summed E-state index contributed by atoms with van der Waals surface area (Å²) in [7, 11) is 0. The number of anilines is 2. The lowest BCUT2D eigenvalue weighted by Gasteiger charge is -2.17. The first-order valence-electron chi connectivity index (χ1n) is 5.43. The van der Waals surface area contributed by atoms with Crippen LogP contribution in [0.25, 0.3) is 10.9 Å². The zero-order valence-electron chi connectivity index (χ0n) is 10.2. The number of hydrogen-bond donors (Lipinski definition) is 3. The van der Waals surface area contributed by atoms with E-state index in [2.05, 4.69) is 15.5 Å². The molecular weight excluding hydrogens is 216 g/mol. The van der Waals surface area contributed by atoms with Gasteiger partial charge in [0.2, 0.25) is 5.91 Å². The fourth-order valence-corrected chi connectivity index (χ4v) is 1.43. The topological polar surface area (TPSA) is 83.8 Å². The van der Waals surface area contributed by atoms with E-state index in [9.17, 15) is 4.79 Å². The van der Waals surface area contributed by atoms with Gasteiger partial charge in [-0.15, -0.1) is 0 Å². The molecule has 0 unspecified atom stereocenters. The lowest BCUT2D eigenvalue weighted by molar-refractivity contribution is -0.123. The summed E-state index contributed by atoms with van der Waals surface area (Å²) < 4.78 is 0. The van der Waals surface area contributed by atoms with Crippen LogP contribution in [0.2, 0.25) is 0 Å². The molecule has 1 aromatic heterocycles. The van der Waals surface area contributed by atoms with E-state index in [1.807, 2.05) is 39.0 Å². The number of carbonyl (C=O) groups excluding carboxylic acids is 1. The van der Waals surface area contributed by atoms with Crippen LogP contribution in [0.15, 0.2) is 18.2 Å². The number of nitrogens with zero attached hydrogens (tertiary/aromatic N) is 1. The van der Waals surface area contributed by atoms with Crippen LogP contribution in [0.1, 0.15) is 20.8 Å². The van der Waals surface area contributed by atoms with E-state index in [4.69, 9.17) is 5.73 Å². The largest absolute Gasteiger partial charge is 0.382 e. The molecule has 2 rings (SSSR count). The number of benzene rings is 1. The molecular formula is C12H16N4O. The molecule has 0 saturated heterocycles. The summed E-state index contributed by atoms with van der Waals surface area (Å²) in [6.07, 6.45) is 0. The number of nitrogens with one attached hydrogen (secondary N) is 2. The Labute approximate surface area is 99.4 Å². The van der Waals surface area contributed by atoms with E-state index in [1.54, 1.807) is 0 Å². The monoisotopic (exact) mass is 232 g/mol. The highest BCUT2D eigenvalue weighted by atomic mass is 16.2. The Morgan fingerprint density at radius 1 is 1.41 bits per heavy atom. The highest BCUT2D eigenvalue weighted by Gasteiger charge is 2.21. The molecule has 1 amide bonds. The van der Waals surface area contributed by atoms with Gasteiger partial charge < -0.3 is 11.1 Å². The fourth-order valence-electron chi connectivity index (χ4n) is 1.43. The number of carbonyl (C=O) groups is 1. The second kappa shape index (κ2) is 3.76. The Hall–Kier alpha value is -2.04. The van der Waals surface area contributed by atoms with Gasteiger partial charge in [0.1, 0.15) is 0 Å². The van der Waals surface area contributed by atoms with E-state index in [-0.39, 0.29) is 5.91 Å². The number of rotatable bonds is 1. The summed E-state index contributed by atoms with van der Waals surface area (Å²) in [5.41, 5.74) is 6.87. The van der Waals surface area contributed by atoms with Crippen LogP contribution >= 0.6 is 0 Å². The van der Waals surface area contributed by atoms with Crippen molar-refractivity contribution in [2.75, 3.05) is 11.1 Å². The first kappa shape index (κ1) is 11.4. The third kappa shape index (κ3) is 2.22. The zero-order valence-corrected chi connectivity index (χ0v) is 10.2. The smallest absolute Gasteiger partial charge is 0.229 e. The molecule has 17 heavy (non-hydrogen) atoms. The molecule has 0 saturated carbocycles. The van der Waals surface area contributed by atoms with E-state index in [1.165, 1.54) is 0 Å². The predicted molar refractivity (Wildman–Crippen MR) is 68.6 cm³/mol. The lowest BCUT2D eigenvalue weighted by atomic mass is 9.95. The van der Waals surface area contributed by atoms with Gasteiger partial charge in [0.15, 0.2) is 5.82 Å². The van der Waals surface area contributed by atoms with E-state index in [0.29, 0.717) is 5.82 Å². The van der Waals surface area contributed by atoms with Gasteiger partial charge in [0, 0.05) is 16.5 Å². The number of aromatic amines is 1. The summed E-state index contributed by atoms with van der Waals surface area (Å²) >= 11 is 0. The van der Waals surface area contributed by atoms with Crippen molar-refractivity contribution < 1.29 is 4.79 Å². The number of hydrogen-bond acceptors (Lipinski definition) is 3. The van der Waals surface area contributed by atoms with Crippen molar-refractivity contribution in [3.8, 4) is 0 Å². The minimum absolute atomic E-state index is 0.0288. The maximum absolute atomic E-state index is 11.8. The van der Waals surface area contributed by atoms with Gasteiger partial charge >= 0.3 is 0 Å². The summed E-state index contributed by atoms with van der Waals surface area (Å²) in [5, 5.41) is 10.4. The van der Waals surface area contributed by atoms with Crippen LogP contribution in [0.4, 0.5) is 11.5 Å². The lowest BCUT2D eigenvalue weighted by Crippen LogP contribution is -2.27. The maximum atomic E-state index is 11.8. The molecule has 0 atom stereocenters. The fraction of sp³-hybridized carbons (Fsp3) is 0.333. The minimum Gasteiger partial charge on any atom is -0.382 e. The van der Waals surface area contributed by atoms with Crippen molar-refractivity contribution in [3.05, 3.63) is 18.2 Å². The Kier molecular flexibility index (Phi) is 2.53. The summed E-state index contributed by atoms with van der Waals surface area (Å²) in [5.74, 6) is 0.408. The maximum Gasteiger partial charge on any atom is 0.229 e. The Balaban J connectivity index is 2.31. The van der Waals surface area contributed by atoms with Gasteiger partial charge in [-0.05, 0) is 18.2 Å². The van der Waals surface area contributed by atoms with E-state index >= 15 is 0 Å². The second-order valence-corrected chi connectivity index (χ2v) is 5.07. The van der Waals surface area contributed by atoms with Crippen LogP contribution in [0.5, 0.6) is 0 Å². The molecule has 1 heterocycles. The Bertz CT molecular complexity index is 565. The molecule has 90 valence electrons. The summed E-state index contributed by atoms with van der Waals surface area (Å²) in [6.45, 7) is 5.60. The zero-order chi connectivity index (χ0) is 12.6. The normalized spacial score (nSPS) is 11.7. The molecule has 0 fully saturated rings. The third-order valence-corrected chi connectivity index (χ3v) is 2.53. The molecule has 5 nitrogen and oxygen atoms in total. The minimum atomic E-state index is -0.420. The number of aromatic nitrogens is 2. The van der Waals surface area contributed by atoms with Gasteiger partial charge in [-0.3, -0.25) is 9.89 Å². The molecule has 0 aliphatic rings. The van der Waals surface area contributed by atoms with Crippen molar-refractivity contribution in [1.82, 2.24) is 10.2 Å². The highest BCUT2D eigenvalue weighted by molar-refractivity contribution is 5.98. The number of nitrogens with two attached hydrogens (primary N) is 1. The molecule has 0 spiro atoms.